The summed E-state index contributed by atoms with van der Waals surface area (Å²) in [5.74, 6) is -0.0162. The molecule has 1 unspecified atom stereocenters. The van der Waals surface area contributed by atoms with Gasteiger partial charge in [-0.1, -0.05) is 0 Å². The van der Waals surface area contributed by atoms with Crippen LogP contribution < -0.4 is 0 Å². The van der Waals surface area contributed by atoms with Gasteiger partial charge in [-0.25, -0.2) is 4.79 Å². The third kappa shape index (κ3) is 3.01. The minimum absolute atomic E-state index is 0.0162. The standard InChI is InChI=1S/C21H23N3O3/c1-13-5-6-14(2)24(13)16-7-8-19-17(10-16)18(12-22-19)20(25)11-15-4-3-9-23(15)21(26)27/h5-8,10,12,15,22H,3-4,9,11H2,1-2H3,(H,26,27). The van der Waals surface area contributed by atoms with Gasteiger partial charge in [0.1, 0.15) is 0 Å². The number of nitrogens with zero attached hydrogens (tertiary/aromatic N) is 2. The summed E-state index contributed by atoms with van der Waals surface area (Å²) in [6.45, 7) is 4.62. The normalized spacial score (nSPS) is 17.0. The van der Waals surface area contributed by atoms with Gasteiger partial charge in [0.2, 0.25) is 0 Å². The van der Waals surface area contributed by atoms with Crippen LogP contribution in [0.4, 0.5) is 4.79 Å². The maximum Gasteiger partial charge on any atom is 0.407 e. The van der Waals surface area contributed by atoms with Gasteiger partial charge in [-0.15, -0.1) is 0 Å². The molecule has 0 spiro atoms. The highest BCUT2D eigenvalue weighted by Gasteiger charge is 2.31. The van der Waals surface area contributed by atoms with E-state index in [1.807, 2.05) is 18.2 Å². The summed E-state index contributed by atoms with van der Waals surface area (Å²) < 4.78 is 2.16. The Bertz CT molecular complexity index is 1010. The number of aromatic amines is 1. The Balaban J connectivity index is 1.67. The van der Waals surface area contributed by atoms with Crippen molar-refractivity contribution < 1.29 is 14.7 Å². The van der Waals surface area contributed by atoms with Gasteiger partial charge in [0.15, 0.2) is 5.78 Å². The van der Waals surface area contributed by atoms with Crippen LogP contribution in [-0.4, -0.2) is 44.0 Å². The lowest BCUT2D eigenvalue weighted by atomic mass is 10.0. The monoisotopic (exact) mass is 365 g/mol. The van der Waals surface area contributed by atoms with Crippen LogP contribution in [0.25, 0.3) is 16.6 Å². The van der Waals surface area contributed by atoms with E-state index in [9.17, 15) is 14.7 Å². The molecule has 1 amide bonds. The average Bonchev–Trinajstić information content (AvgIpc) is 3.33. The van der Waals surface area contributed by atoms with Crippen LogP contribution >= 0.6 is 0 Å². The van der Waals surface area contributed by atoms with Crippen LogP contribution in [-0.2, 0) is 0 Å². The largest absolute Gasteiger partial charge is 0.465 e. The van der Waals surface area contributed by atoms with Crippen LogP contribution in [0.5, 0.6) is 0 Å². The number of aromatic nitrogens is 2. The van der Waals surface area contributed by atoms with Crippen LogP contribution in [0, 0.1) is 13.8 Å². The lowest BCUT2D eigenvalue weighted by molar-refractivity contribution is 0.0936. The number of hydrogen-bond donors (Lipinski definition) is 2. The first-order valence-corrected chi connectivity index (χ1v) is 9.25. The van der Waals surface area contributed by atoms with E-state index in [1.165, 1.54) is 4.90 Å². The van der Waals surface area contributed by atoms with Gasteiger partial charge in [0, 0.05) is 58.7 Å². The van der Waals surface area contributed by atoms with Gasteiger partial charge < -0.3 is 19.6 Å². The Morgan fingerprint density at radius 3 is 2.63 bits per heavy atom. The van der Waals surface area contributed by atoms with Gasteiger partial charge in [0.25, 0.3) is 0 Å². The van der Waals surface area contributed by atoms with Gasteiger partial charge in [-0.05, 0) is 57.0 Å². The molecular formula is C21H23N3O3. The first-order chi connectivity index (χ1) is 13.0. The van der Waals surface area contributed by atoms with E-state index in [1.54, 1.807) is 6.20 Å². The fourth-order valence-electron chi connectivity index (χ4n) is 4.18. The number of amides is 1. The van der Waals surface area contributed by atoms with Crippen molar-refractivity contribution in [2.24, 2.45) is 0 Å². The van der Waals surface area contributed by atoms with Crippen LogP contribution in [0.15, 0.2) is 36.5 Å². The Kier molecular flexibility index (Phi) is 4.26. The highest BCUT2D eigenvalue weighted by atomic mass is 16.4. The number of nitrogens with one attached hydrogen (secondary N) is 1. The highest BCUT2D eigenvalue weighted by molar-refractivity contribution is 6.08. The molecule has 3 heterocycles. The molecule has 0 bridgehead atoms. The Hall–Kier alpha value is -3.02. The summed E-state index contributed by atoms with van der Waals surface area (Å²) in [5.41, 5.74) is 4.83. The molecule has 1 atom stereocenters. The van der Waals surface area contributed by atoms with E-state index >= 15 is 0 Å². The molecule has 3 aromatic rings. The predicted octanol–water partition coefficient (Wildman–Crippen LogP) is 4.29. The van der Waals surface area contributed by atoms with E-state index < -0.39 is 6.09 Å². The van der Waals surface area contributed by atoms with Gasteiger partial charge in [-0.2, -0.15) is 0 Å². The quantitative estimate of drug-likeness (QED) is 0.677. The van der Waals surface area contributed by atoms with Crippen molar-refractivity contribution >= 4 is 22.8 Å². The summed E-state index contributed by atoms with van der Waals surface area (Å²) in [6, 6.07) is 9.97. The molecule has 4 rings (SSSR count). The fraction of sp³-hybridized carbons (Fsp3) is 0.333. The summed E-state index contributed by atoms with van der Waals surface area (Å²) in [5, 5.41) is 10.2. The summed E-state index contributed by atoms with van der Waals surface area (Å²) >= 11 is 0. The number of aryl methyl sites for hydroxylation is 2. The van der Waals surface area contributed by atoms with Crippen molar-refractivity contribution in [2.75, 3.05) is 6.54 Å². The molecule has 1 aromatic carbocycles. The topological polar surface area (TPSA) is 78.3 Å². The van der Waals surface area contributed by atoms with E-state index in [-0.39, 0.29) is 18.2 Å². The van der Waals surface area contributed by atoms with Gasteiger partial charge in [-0.3, -0.25) is 4.79 Å². The summed E-state index contributed by atoms with van der Waals surface area (Å²) in [7, 11) is 0. The molecule has 140 valence electrons. The molecule has 27 heavy (non-hydrogen) atoms. The summed E-state index contributed by atoms with van der Waals surface area (Å²) in [6.07, 6.45) is 2.59. The number of benzene rings is 1. The number of H-pyrrole nitrogens is 1. The van der Waals surface area contributed by atoms with Crippen molar-refractivity contribution in [1.29, 1.82) is 0 Å². The average molecular weight is 365 g/mol. The van der Waals surface area contributed by atoms with E-state index in [0.717, 1.165) is 40.8 Å². The molecule has 2 N–H and O–H groups in total. The minimum atomic E-state index is -0.940. The third-order valence-corrected chi connectivity index (χ3v) is 5.54. The second-order valence-corrected chi connectivity index (χ2v) is 7.28. The molecule has 2 aromatic heterocycles. The van der Waals surface area contributed by atoms with Crippen molar-refractivity contribution in [3.8, 4) is 5.69 Å². The second kappa shape index (κ2) is 6.61. The molecule has 1 saturated heterocycles. The van der Waals surface area contributed by atoms with Crippen molar-refractivity contribution in [1.82, 2.24) is 14.5 Å². The van der Waals surface area contributed by atoms with Crippen molar-refractivity contribution in [2.45, 2.75) is 39.2 Å². The van der Waals surface area contributed by atoms with Crippen molar-refractivity contribution in [3.05, 3.63) is 53.5 Å². The number of carboxylic acid groups (broad SMARTS) is 1. The SMILES string of the molecule is Cc1ccc(C)n1-c1ccc2[nH]cc(C(=O)CC3CCCN3C(=O)O)c2c1. The maximum absolute atomic E-state index is 12.9. The van der Waals surface area contributed by atoms with E-state index in [4.69, 9.17) is 0 Å². The second-order valence-electron chi connectivity index (χ2n) is 7.28. The molecule has 6 heteroatoms. The van der Waals surface area contributed by atoms with E-state index in [2.05, 4.69) is 35.5 Å². The molecule has 1 fully saturated rings. The molecule has 0 radical (unpaired) electrons. The molecule has 0 saturated carbocycles. The molecule has 0 aliphatic carbocycles. The highest BCUT2D eigenvalue weighted by Crippen LogP contribution is 2.27. The molecule has 1 aliphatic heterocycles. The minimum Gasteiger partial charge on any atom is -0.465 e. The Labute approximate surface area is 157 Å². The number of Topliss-reactive ketones (excluding diaryl/α,β-unsaturated/α-hetero) is 1. The van der Waals surface area contributed by atoms with Crippen molar-refractivity contribution in [3.63, 3.8) is 0 Å². The predicted molar refractivity (Wildman–Crippen MR) is 104 cm³/mol. The summed E-state index contributed by atoms with van der Waals surface area (Å²) in [4.78, 5) is 28.8. The first-order valence-electron chi connectivity index (χ1n) is 9.25. The molecule has 1 aliphatic rings. The van der Waals surface area contributed by atoms with Gasteiger partial charge >= 0.3 is 6.09 Å². The number of rotatable bonds is 4. The number of carbonyl (C=O) groups is 2. The third-order valence-electron chi connectivity index (χ3n) is 5.54. The number of likely N-dealkylation sites (tertiary alicyclic amines) is 1. The first kappa shape index (κ1) is 17.4. The smallest absolute Gasteiger partial charge is 0.407 e. The zero-order valence-corrected chi connectivity index (χ0v) is 15.5. The molecular weight excluding hydrogens is 342 g/mol. The zero-order valence-electron chi connectivity index (χ0n) is 15.5. The number of ketones is 1. The number of hydrogen-bond acceptors (Lipinski definition) is 2. The van der Waals surface area contributed by atoms with Crippen LogP contribution in [0.3, 0.4) is 0 Å². The fourth-order valence-corrected chi connectivity index (χ4v) is 4.18. The number of fused-ring (bicyclic) bond motifs is 1. The maximum atomic E-state index is 12.9. The number of carbonyl (C=O) groups excluding carboxylic acids is 1. The van der Waals surface area contributed by atoms with Crippen LogP contribution in [0.2, 0.25) is 0 Å². The zero-order chi connectivity index (χ0) is 19.1. The van der Waals surface area contributed by atoms with Gasteiger partial charge in [0.05, 0.1) is 0 Å². The lowest BCUT2D eigenvalue weighted by Gasteiger charge is -2.20. The van der Waals surface area contributed by atoms with E-state index in [0.29, 0.717) is 12.1 Å². The Morgan fingerprint density at radius 2 is 1.93 bits per heavy atom. The Morgan fingerprint density at radius 1 is 1.19 bits per heavy atom. The lowest BCUT2D eigenvalue weighted by Crippen LogP contribution is -2.35. The molecule has 6 nitrogen and oxygen atoms in total. The van der Waals surface area contributed by atoms with Crippen LogP contribution in [0.1, 0.15) is 41.0 Å².